The van der Waals surface area contributed by atoms with E-state index >= 15 is 0 Å². The van der Waals surface area contributed by atoms with E-state index in [1.807, 2.05) is 55.5 Å². The van der Waals surface area contributed by atoms with Gasteiger partial charge in [0.25, 0.3) is 0 Å². The molecule has 0 bridgehead atoms. The number of hydrogen-bond donors (Lipinski definition) is 1. The summed E-state index contributed by atoms with van der Waals surface area (Å²) in [7, 11) is 0. The van der Waals surface area contributed by atoms with Crippen molar-refractivity contribution in [3.05, 3.63) is 77.4 Å². The predicted octanol–water partition coefficient (Wildman–Crippen LogP) is 3.20. The molecule has 0 radical (unpaired) electrons. The summed E-state index contributed by atoms with van der Waals surface area (Å²) in [6.45, 7) is 6.14. The summed E-state index contributed by atoms with van der Waals surface area (Å²) in [6.07, 6.45) is 3.50. The Morgan fingerprint density at radius 3 is 2.54 bits per heavy atom. The number of nitrogens with one attached hydrogen (secondary N) is 1. The molecule has 1 aliphatic heterocycles. The Kier molecular flexibility index (Phi) is 6.58. The highest BCUT2D eigenvalue weighted by Gasteiger charge is 2.19. The van der Waals surface area contributed by atoms with Crippen LogP contribution in [0.4, 0.5) is 0 Å². The zero-order chi connectivity index (χ0) is 18.2. The number of morpholine rings is 1. The van der Waals surface area contributed by atoms with Gasteiger partial charge in [-0.1, -0.05) is 54.6 Å². The molecule has 0 spiro atoms. The summed E-state index contributed by atoms with van der Waals surface area (Å²) in [5.74, 6) is -0.0737. The summed E-state index contributed by atoms with van der Waals surface area (Å²) in [5, 5.41) is 3.16. The highest BCUT2D eigenvalue weighted by atomic mass is 16.5. The van der Waals surface area contributed by atoms with Crippen molar-refractivity contribution < 1.29 is 9.53 Å². The molecule has 26 heavy (non-hydrogen) atoms. The van der Waals surface area contributed by atoms with Gasteiger partial charge in [-0.05, 0) is 29.7 Å². The second-order valence-electron chi connectivity index (χ2n) is 6.57. The minimum Gasteiger partial charge on any atom is -0.379 e. The quantitative estimate of drug-likeness (QED) is 0.814. The highest BCUT2D eigenvalue weighted by Crippen LogP contribution is 2.16. The number of aryl methyl sites for hydroxylation is 1. The number of hydrogen-bond acceptors (Lipinski definition) is 3. The van der Waals surface area contributed by atoms with E-state index in [-0.39, 0.29) is 11.9 Å². The molecule has 4 nitrogen and oxygen atoms in total. The molecule has 1 aliphatic rings. The first-order valence-electron chi connectivity index (χ1n) is 9.11. The first-order chi connectivity index (χ1) is 12.7. The van der Waals surface area contributed by atoms with Gasteiger partial charge in [-0.3, -0.25) is 9.69 Å². The van der Waals surface area contributed by atoms with Crippen LogP contribution in [-0.4, -0.2) is 43.7 Å². The fraction of sp³-hybridized carbons (Fsp3) is 0.318. The lowest BCUT2D eigenvalue weighted by Crippen LogP contribution is -2.42. The third kappa shape index (κ3) is 5.28. The Balaban J connectivity index is 1.68. The molecule has 0 unspecified atom stereocenters. The number of ether oxygens (including phenoxy) is 1. The Hall–Kier alpha value is -2.43. The molecule has 0 saturated carbocycles. The van der Waals surface area contributed by atoms with Gasteiger partial charge in [-0.25, -0.2) is 0 Å². The lowest BCUT2D eigenvalue weighted by atomic mass is 10.1. The number of nitrogens with zero attached hydrogens (tertiary/aromatic N) is 1. The Morgan fingerprint density at radius 2 is 1.81 bits per heavy atom. The lowest BCUT2D eigenvalue weighted by Gasteiger charge is -2.31. The molecule has 1 heterocycles. The third-order valence-electron chi connectivity index (χ3n) is 4.67. The Morgan fingerprint density at radius 1 is 1.12 bits per heavy atom. The van der Waals surface area contributed by atoms with Gasteiger partial charge in [0, 0.05) is 25.7 Å². The van der Waals surface area contributed by atoms with Crippen molar-refractivity contribution >= 4 is 12.0 Å². The number of rotatable bonds is 6. The van der Waals surface area contributed by atoms with E-state index in [1.54, 1.807) is 6.08 Å². The van der Waals surface area contributed by atoms with Gasteiger partial charge in [-0.2, -0.15) is 0 Å². The normalized spacial score (nSPS) is 16.5. The molecule has 4 heteroatoms. The van der Waals surface area contributed by atoms with Crippen LogP contribution in [-0.2, 0) is 9.53 Å². The maximum Gasteiger partial charge on any atom is 0.244 e. The van der Waals surface area contributed by atoms with Crippen molar-refractivity contribution in [1.29, 1.82) is 0 Å². The molecule has 1 amide bonds. The number of carbonyl (C=O) groups is 1. The average molecular weight is 350 g/mol. The number of carbonyl (C=O) groups excluding carboxylic acids is 1. The van der Waals surface area contributed by atoms with Gasteiger partial charge in [0.15, 0.2) is 0 Å². The summed E-state index contributed by atoms with van der Waals surface area (Å²) in [4.78, 5) is 14.9. The monoisotopic (exact) mass is 350 g/mol. The van der Waals surface area contributed by atoms with E-state index in [4.69, 9.17) is 4.74 Å². The maximum atomic E-state index is 12.5. The molecule has 1 N–H and O–H groups in total. The molecule has 2 aromatic carbocycles. The SMILES string of the molecule is Cc1ccccc1/C=C/C(=O)N[C@@H](CN1CCOCC1)c1ccccc1. The number of amides is 1. The van der Waals surface area contributed by atoms with Crippen LogP contribution in [0.5, 0.6) is 0 Å². The maximum absolute atomic E-state index is 12.5. The summed E-state index contributed by atoms with van der Waals surface area (Å²) >= 11 is 0. The van der Waals surface area contributed by atoms with Gasteiger partial charge in [0.1, 0.15) is 0 Å². The molecule has 1 fully saturated rings. The van der Waals surface area contributed by atoms with Crippen LogP contribution in [0.2, 0.25) is 0 Å². The van der Waals surface area contributed by atoms with Gasteiger partial charge in [-0.15, -0.1) is 0 Å². The fourth-order valence-corrected chi connectivity index (χ4v) is 3.12. The topological polar surface area (TPSA) is 41.6 Å². The van der Waals surface area contributed by atoms with Crippen LogP contribution >= 0.6 is 0 Å². The van der Waals surface area contributed by atoms with Crippen molar-refractivity contribution in [2.45, 2.75) is 13.0 Å². The van der Waals surface area contributed by atoms with Gasteiger partial charge in [0.2, 0.25) is 5.91 Å². The summed E-state index contributed by atoms with van der Waals surface area (Å²) in [6, 6.07) is 18.2. The molecule has 136 valence electrons. The molecule has 3 rings (SSSR count). The molecule has 1 saturated heterocycles. The number of benzene rings is 2. The predicted molar refractivity (Wildman–Crippen MR) is 105 cm³/mol. The van der Waals surface area contributed by atoms with Crippen molar-refractivity contribution in [2.75, 3.05) is 32.8 Å². The largest absolute Gasteiger partial charge is 0.379 e. The minimum atomic E-state index is -0.0737. The zero-order valence-corrected chi connectivity index (χ0v) is 15.2. The summed E-state index contributed by atoms with van der Waals surface area (Å²) in [5.41, 5.74) is 3.34. The molecule has 0 aliphatic carbocycles. The van der Waals surface area contributed by atoms with Crippen molar-refractivity contribution in [3.8, 4) is 0 Å². The average Bonchev–Trinajstić information content (AvgIpc) is 2.68. The van der Waals surface area contributed by atoms with Crippen LogP contribution in [0, 0.1) is 6.92 Å². The van der Waals surface area contributed by atoms with Crippen LogP contribution in [0.25, 0.3) is 6.08 Å². The summed E-state index contributed by atoms with van der Waals surface area (Å²) < 4.78 is 5.43. The van der Waals surface area contributed by atoms with Gasteiger partial charge >= 0.3 is 0 Å². The molecule has 0 aromatic heterocycles. The minimum absolute atomic E-state index is 0.0386. The fourth-order valence-electron chi connectivity index (χ4n) is 3.12. The Labute approximate surface area is 155 Å². The van der Waals surface area contributed by atoms with Gasteiger partial charge < -0.3 is 10.1 Å². The first kappa shape index (κ1) is 18.4. The molecule has 1 atom stereocenters. The van der Waals surface area contributed by atoms with Crippen molar-refractivity contribution in [3.63, 3.8) is 0 Å². The second kappa shape index (κ2) is 9.32. The van der Waals surface area contributed by atoms with Crippen LogP contribution in [0.1, 0.15) is 22.7 Å². The van der Waals surface area contributed by atoms with Crippen LogP contribution in [0.3, 0.4) is 0 Å². The zero-order valence-electron chi connectivity index (χ0n) is 15.2. The van der Waals surface area contributed by atoms with Crippen LogP contribution in [0.15, 0.2) is 60.7 Å². The second-order valence-corrected chi connectivity index (χ2v) is 6.57. The van der Waals surface area contributed by atoms with E-state index in [1.165, 1.54) is 0 Å². The Bertz CT molecular complexity index is 737. The molecular weight excluding hydrogens is 324 g/mol. The van der Waals surface area contributed by atoms with E-state index in [9.17, 15) is 4.79 Å². The molecular formula is C22H26N2O2. The van der Waals surface area contributed by atoms with Crippen molar-refractivity contribution in [2.24, 2.45) is 0 Å². The highest BCUT2D eigenvalue weighted by molar-refractivity contribution is 5.92. The molecule has 2 aromatic rings. The van der Waals surface area contributed by atoms with E-state index < -0.39 is 0 Å². The van der Waals surface area contributed by atoms with Crippen LogP contribution < -0.4 is 5.32 Å². The first-order valence-corrected chi connectivity index (χ1v) is 9.11. The smallest absolute Gasteiger partial charge is 0.244 e. The van der Waals surface area contributed by atoms with E-state index in [0.29, 0.717) is 0 Å². The lowest BCUT2D eigenvalue weighted by molar-refractivity contribution is -0.117. The van der Waals surface area contributed by atoms with E-state index in [0.717, 1.165) is 49.5 Å². The van der Waals surface area contributed by atoms with E-state index in [2.05, 4.69) is 22.3 Å². The van der Waals surface area contributed by atoms with Gasteiger partial charge in [0.05, 0.1) is 19.3 Å². The van der Waals surface area contributed by atoms with Crippen molar-refractivity contribution in [1.82, 2.24) is 10.2 Å². The third-order valence-corrected chi connectivity index (χ3v) is 4.67. The standard InChI is InChI=1S/C22H26N2O2/c1-18-7-5-6-8-19(18)11-12-22(25)23-21(20-9-3-2-4-10-20)17-24-13-15-26-16-14-24/h2-12,21H,13-17H2,1H3,(H,23,25)/b12-11+/t21-/m0/s1.